The minimum Gasteiger partial charge on any atom is -0.423 e. The number of anilines is 1. The molecule has 3 fully saturated rings. The molecule has 5 rings (SSSR count). The molecule has 198 valence electrons. The number of fused-ring (bicyclic) bond motifs is 1. The van der Waals surface area contributed by atoms with Crippen molar-refractivity contribution in [2.75, 3.05) is 37.8 Å². The Balaban J connectivity index is 1.33. The van der Waals surface area contributed by atoms with Gasteiger partial charge in [0.05, 0.1) is 31.5 Å². The van der Waals surface area contributed by atoms with E-state index in [0.717, 1.165) is 43.5 Å². The molecule has 0 bridgehead atoms. The van der Waals surface area contributed by atoms with Crippen LogP contribution in [0.1, 0.15) is 45.1 Å². The highest BCUT2D eigenvalue weighted by molar-refractivity contribution is 5.96. The van der Waals surface area contributed by atoms with Gasteiger partial charge in [0.15, 0.2) is 0 Å². The molecule has 5 atom stereocenters. The third-order valence-corrected chi connectivity index (χ3v) is 9.03. The van der Waals surface area contributed by atoms with Gasteiger partial charge in [-0.1, -0.05) is 38.2 Å². The number of aromatic nitrogens is 2. The molecule has 2 aliphatic carbocycles. The molecule has 4 aliphatic rings. The predicted octanol–water partition coefficient (Wildman–Crippen LogP) is 3.44. The van der Waals surface area contributed by atoms with Crippen molar-refractivity contribution < 1.29 is 24.5 Å². The summed E-state index contributed by atoms with van der Waals surface area (Å²) in [5.41, 5.74) is 1.68. The summed E-state index contributed by atoms with van der Waals surface area (Å²) >= 11 is 0. The standard InChI is InChI=1S/C29H37N3O5/c1-19-4-7-24-28(2,9-8-25(34)29(24,3)18-33)23(19)6-5-21-15-22(37-26(21)35)14-20-16-30-27(31-17-20)32-10-12-36-13-11-32/h5-6,14-17,23-25,33-34H,1,4,7-13,18H2,2-3H3/t23?,24?,25-,28-,29+/m1/s1. The molecule has 37 heavy (non-hydrogen) atoms. The molecule has 0 radical (unpaired) electrons. The van der Waals surface area contributed by atoms with E-state index in [0.29, 0.717) is 36.9 Å². The van der Waals surface area contributed by atoms with Crippen LogP contribution >= 0.6 is 0 Å². The second-order valence-electron chi connectivity index (χ2n) is 11.3. The lowest BCUT2D eigenvalue weighted by molar-refractivity contribution is -0.145. The van der Waals surface area contributed by atoms with Crippen LogP contribution in [0.25, 0.3) is 6.08 Å². The third-order valence-electron chi connectivity index (χ3n) is 9.03. The number of aliphatic hydroxyl groups excluding tert-OH is 2. The van der Waals surface area contributed by atoms with E-state index < -0.39 is 17.5 Å². The number of allylic oxidation sites excluding steroid dienone is 3. The largest absolute Gasteiger partial charge is 0.423 e. The molecule has 0 spiro atoms. The summed E-state index contributed by atoms with van der Waals surface area (Å²) < 4.78 is 10.9. The number of nitrogens with zero attached hydrogens (tertiary/aromatic N) is 3. The van der Waals surface area contributed by atoms with Crippen molar-refractivity contribution in [2.24, 2.45) is 22.7 Å². The number of hydrogen-bond acceptors (Lipinski definition) is 8. The van der Waals surface area contributed by atoms with Gasteiger partial charge < -0.3 is 24.6 Å². The lowest BCUT2D eigenvalue weighted by Gasteiger charge is -2.59. The first-order valence-electron chi connectivity index (χ1n) is 13.2. The van der Waals surface area contributed by atoms with Gasteiger partial charge in [0.25, 0.3) is 0 Å². The first-order valence-corrected chi connectivity index (χ1v) is 13.2. The van der Waals surface area contributed by atoms with Crippen LogP contribution in [0, 0.1) is 22.7 Å². The van der Waals surface area contributed by atoms with Crippen LogP contribution in [0.3, 0.4) is 0 Å². The van der Waals surface area contributed by atoms with Crippen molar-refractivity contribution in [3.05, 3.63) is 59.7 Å². The monoisotopic (exact) mass is 507 g/mol. The lowest BCUT2D eigenvalue weighted by atomic mass is 9.46. The van der Waals surface area contributed by atoms with E-state index in [4.69, 9.17) is 9.47 Å². The maximum Gasteiger partial charge on any atom is 0.343 e. The molecule has 2 unspecified atom stereocenters. The number of esters is 1. The summed E-state index contributed by atoms with van der Waals surface area (Å²) in [6.45, 7) is 11.4. The zero-order valence-corrected chi connectivity index (χ0v) is 21.7. The second-order valence-corrected chi connectivity index (χ2v) is 11.3. The predicted molar refractivity (Wildman–Crippen MR) is 140 cm³/mol. The van der Waals surface area contributed by atoms with E-state index in [1.165, 1.54) is 0 Å². The van der Waals surface area contributed by atoms with Crippen molar-refractivity contribution in [1.29, 1.82) is 0 Å². The quantitative estimate of drug-likeness (QED) is 0.461. The van der Waals surface area contributed by atoms with Gasteiger partial charge in [-0.25, -0.2) is 14.8 Å². The van der Waals surface area contributed by atoms with Crippen LogP contribution in [-0.4, -0.2) is 65.2 Å². The average Bonchev–Trinajstić information content (AvgIpc) is 3.25. The number of aliphatic hydroxyl groups is 2. The Kier molecular flexibility index (Phi) is 7.09. The molecular weight excluding hydrogens is 470 g/mol. The topological polar surface area (TPSA) is 105 Å². The van der Waals surface area contributed by atoms with Gasteiger partial charge in [0.2, 0.25) is 5.95 Å². The van der Waals surface area contributed by atoms with Gasteiger partial charge in [-0.15, -0.1) is 0 Å². The Morgan fingerprint density at radius 3 is 2.65 bits per heavy atom. The van der Waals surface area contributed by atoms with Gasteiger partial charge in [-0.05, 0) is 49.2 Å². The summed E-state index contributed by atoms with van der Waals surface area (Å²) in [4.78, 5) is 23.6. The molecule has 2 saturated carbocycles. The summed E-state index contributed by atoms with van der Waals surface area (Å²) in [5.74, 6) is 0.935. The van der Waals surface area contributed by atoms with E-state index in [9.17, 15) is 15.0 Å². The molecular formula is C29H37N3O5. The molecule has 2 N–H and O–H groups in total. The number of carbonyl (C=O) groups is 1. The van der Waals surface area contributed by atoms with E-state index in [1.54, 1.807) is 24.5 Å². The van der Waals surface area contributed by atoms with Crippen molar-refractivity contribution in [2.45, 2.75) is 45.6 Å². The summed E-state index contributed by atoms with van der Waals surface area (Å²) in [7, 11) is 0. The zero-order valence-electron chi connectivity index (χ0n) is 21.7. The lowest BCUT2D eigenvalue weighted by Crippen LogP contribution is -2.57. The fourth-order valence-corrected chi connectivity index (χ4v) is 6.78. The van der Waals surface area contributed by atoms with Crippen molar-refractivity contribution in [3.8, 4) is 0 Å². The number of rotatable bonds is 5. The minimum atomic E-state index is -0.541. The van der Waals surface area contributed by atoms with Crippen molar-refractivity contribution >= 4 is 18.0 Å². The maximum absolute atomic E-state index is 12.6. The number of carbonyl (C=O) groups excluding carboxylic acids is 1. The molecule has 1 aromatic heterocycles. The van der Waals surface area contributed by atoms with Crippen molar-refractivity contribution in [1.82, 2.24) is 9.97 Å². The Bertz CT molecular complexity index is 1140. The first-order chi connectivity index (χ1) is 17.7. The fourth-order valence-electron chi connectivity index (χ4n) is 6.78. The molecule has 8 nitrogen and oxygen atoms in total. The third kappa shape index (κ3) is 4.78. The summed E-state index contributed by atoms with van der Waals surface area (Å²) in [6, 6.07) is 0. The van der Waals surface area contributed by atoms with E-state index >= 15 is 0 Å². The van der Waals surface area contributed by atoms with Gasteiger partial charge in [0.1, 0.15) is 5.76 Å². The van der Waals surface area contributed by atoms with Gasteiger partial charge >= 0.3 is 5.97 Å². The van der Waals surface area contributed by atoms with Crippen LogP contribution in [0.4, 0.5) is 5.95 Å². The number of cyclic esters (lactones) is 1. The smallest absolute Gasteiger partial charge is 0.343 e. The molecule has 0 amide bonds. The van der Waals surface area contributed by atoms with Crippen LogP contribution in [0.15, 0.2) is 54.1 Å². The van der Waals surface area contributed by atoms with Crippen LogP contribution in [0.2, 0.25) is 0 Å². The maximum atomic E-state index is 12.6. The summed E-state index contributed by atoms with van der Waals surface area (Å²) in [5, 5.41) is 20.9. The zero-order chi connectivity index (χ0) is 26.2. The number of morpholine rings is 1. The molecule has 8 heteroatoms. The van der Waals surface area contributed by atoms with Crippen LogP contribution < -0.4 is 4.90 Å². The molecule has 0 aromatic carbocycles. The minimum absolute atomic E-state index is 0.0416. The highest BCUT2D eigenvalue weighted by Gasteiger charge is 2.57. The highest BCUT2D eigenvalue weighted by Crippen LogP contribution is 2.61. The SMILES string of the molecule is C=C1CCC2[C@](C)(CC[C@@H](O)[C@@]2(C)CO)C1C=CC1=CC(=Cc2cnc(N3CCOCC3)nc2)OC1=O. The Morgan fingerprint density at radius 1 is 1.22 bits per heavy atom. The first kappa shape index (κ1) is 25.8. The Labute approximate surface area is 218 Å². The number of ether oxygens (including phenoxy) is 2. The molecule has 2 aliphatic heterocycles. The van der Waals surface area contributed by atoms with Crippen LogP contribution in [-0.2, 0) is 14.3 Å². The highest BCUT2D eigenvalue weighted by atomic mass is 16.5. The average molecular weight is 508 g/mol. The molecule has 1 aromatic rings. The summed E-state index contributed by atoms with van der Waals surface area (Å²) in [6.07, 6.45) is 13.6. The number of hydrogen-bond donors (Lipinski definition) is 2. The van der Waals surface area contributed by atoms with Gasteiger partial charge in [-0.3, -0.25) is 0 Å². The van der Waals surface area contributed by atoms with Gasteiger partial charge in [0, 0.05) is 42.4 Å². The van der Waals surface area contributed by atoms with Crippen molar-refractivity contribution in [3.63, 3.8) is 0 Å². The van der Waals surface area contributed by atoms with E-state index in [1.807, 2.05) is 13.0 Å². The van der Waals surface area contributed by atoms with Gasteiger partial charge in [-0.2, -0.15) is 0 Å². The second kappa shape index (κ2) is 10.2. The Morgan fingerprint density at radius 2 is 1.95 bits per heavy atom. The normalized spacial score (nSPS) is 35.6. The molecule has 1 saturated heterocycles. The molecule has 3 heterocycles. The Hall–Kier alpha value is -2.81. The van der Waals surface area contributed by atoms with Crippen LogP contribution in [0.5, 0.6) is 0 Å². The van der Waals surface area contributed by atoms with E-state index in [-0.39, 0.29) is 23.9 Å². The fraction of sp³-hybridized carbons (Fsp3) is 0.552. The van der Waals surface area contributed by atoms with E-state index in [2.05, 4.69) is 34.4 Å².